The van der Waals surface area contributed by atoms with Gasteiger partial charge in [-0.1, -0.05) is 0 Å². The third kappa shape index (κ3) is 4.40. The van der Waals surface area contributed by atoms with Crippen molar-refractivity contribution in [2.75, 3.05) is 33.0 Å². The Bertz CT molecular complexity index is 403. The summed E-state index contributed by atoms with van der Waals surface area (Å²) in [6.07, 6.45) is 0.947. The SMILES string of the molecule is CN(C)CCCOc1c(N)cc(C#N)cc1I. The van der Waals surface area contributed by atoms with Crippen LogP contribution >= 0.6 is 22.6 Å². The van der Waals surface area contributed by atoms with Crippen LogP contribution in [-0.4, -0.2) is 32.1 Å². The molecule has 17 heavy (non-hydrogen) atoms. The van der Waals surface area contributed by atoms with Gasteiger partial charge in [-0.05, 0) is 55.2 Å². The smallest absolute Gasteiger partial charge is 0.155 e. The van der Waals surface area contributed by atoms with Crippen LogP contribution in [0.1, 0.15) is 12.0 Å². The molecule has 0 atom stereocenters. The standard InChI is InChI=1S/C12H16IN3O/c1-16(2)4-3-5-17-12-10(13)6-9(8-14)7-11(12)15/h6-7H,3-5,15H2,1-2H3. The molecule has 0 amide bonds. The zero-order valence-electron chi connectivity index (χ0n) is 10.0. The molecule has 0 aliphatic heterocycles. The third-order valence-corrected chi connectivity index (χ3v) is 3.00. The molecule has 4 nitrogen and oxygen atoms in total. The second kappa shape index (κ2) is 6.67. The number of hydrogen-bond donors (Lipinski definition) is 1. The summed E-state index contributed by atoms with van der Waals surface area (Å²) in [4.78, 5) is 2.11. The number of halogens is 1. The first-order chi connectivity index (χ1) is 8.04. The van der Waals surface area contributed by atoms with Crippen molar-refractivity contribution in [2.24, 2.45) is 0 Å². The molecule has 0 aliphatic rings. The maximum Gasteiger partial charge on any atom is 0.155 e. The predicted octanol–water partition coefficient (Wildman–Crippen LogP) is 2.08. The first kappa shape index (κ1) is 14.1. The van der Waals surface area contributed by atoms with Crippen molar-refractivity contribution >= 4 is 28.3 Å². The lowest BCUT2D eigenvalue weighted by Crippen LogP contribution is -2.16. The van der Waals surface area contributed by atoms with E-state index in [9.17, 15) is 0 Å². The predicted molar refractivity (Wildman–Crippen MR) is 77.0 cm³/mol. The molecule has 0 saturated carbocycles. The van der Waals surface area contributed by atoms with Gasteiger partial charge in [-0.3, -0.25) is 0 Å². The molecule has 92 valence electrons. The van der Waals surface area contributed by atoms with E-state index >= 15 is 0 Å². The van der Waals surface area contributed by atoms with Crippen molar-refractivity contribution in [1.29, 1.82) is 5.26 Å². The van der Waals surface area contributed by atoms with Gasteiger partial charge in [-0.2, -0.15) is 5.26 Å². The molecule has 1 aromatic carbocycles. The lowest BCUT2D eigenvalue weighted by atomic mass is 10.2. The average molecular weight is 345 g/mol. The Kier molecular flexibility index (Phi) is 5.51. The van der Waals surface area contributed by atoms with Gasteiger partial charge in [-0.25, -0.2) is 0 Å². The van der Waals surface area contributed by atoms with Gasteiger partial charge in [0.2, 0.25) is 0 Å². The van der Waals surface area contributed by atoms with E-state index in [1.54, 1.807) is 12.1 Å². The van der Waals surface area contributed by atoms with Crippen LogP contribution in [0.25, 0.3) is 0 Å². The lowest BCUT2D eigenvalue weighted by Gasteiger charge is -2.13. The monoisotopic (exact) mass is 345 g/mol. The number of nitrogen functional groups attached to an aromatic ring is 1. The molecule has 0 fully saturated rings. The van der Waals surface area contributed by atoms with Crippen LogP contribution < -0.4 is 10.5 Å². The van der Waals surface area contributed by atoms with Gasteiger partial charge in [0.1, 0.15) is 0 Å². The minimum absolute atomic E-state index is 0.526. The summed E-state index contributed by atoms with van der Waals surface area (Å²) >= 11 is 2.13. The van der Waals surface area contributed by atoms with Crippen LogP contribution in [0.15, 0.2) is 12.1 Å². The highest BCUT2D eigenvalue weighted by Crippen LogP contribution is 2.29. The highest BCUT2D eigenvalue weighted by molar-refractivity contribution is 14.1. The Hall–Kier alpha value is -1.00. The average Bonchev–Trinajstić information content (AvgIpc) is 2.26. The summed E-state index contributed by atoms with van der Waals surface area (Å²) in [6, 6.07) is 5.49. The molecular weight excluding hydrogens is 329 g/mol. The summed E-state index contributed by atoms with van der Waals surface area (Å²) in [5.41, 5.74) is 6.94. The van der Waals surface area contributed by atoms with E-state index in [2.05, 4.69) is 33.6 Å². The Morgan fingerprint density at radius 2 is 2.18 bits per heavy atom. The van der Waals surface area contributed by atoms with Crippen molar-refractivity contribution < 1.29 is 4.74 Å². The van der Waals surface area contributed by atoms with Gasteiger partial charge in [0.05, 0.1) is 27.5 Å². The van der Waals surface area contributed by atoms with E-state index in [4.69, 9.17) is 15.7 Å². The van der Waals surface area contributed by atoms with Crippen molar-refractivity contribution in [2.45, 2.75) is 6.42 Å². The Morgan fingerprint density at radius 3 is 2.71 bits per heavy atom. The first-order valence-corrected chi connectivity index (χ1v) is 6.39. The lowest BCUT2D eigenvalue weighted by molar-refractivity contribution is 0.281. The Morgan fingerprint density at radius 1 is 1.47 bits per heavy atom. The van der Waals surface area contributed by atoms with Crippen LogP contribution in [0, 0.1) is 14.9 Å². The maximum atomic E-state index is 8.80. The van der Waals surface area contributed by atoms with E-state index in [0.29, 0.717) is 23.6 Å². The van der Waals surface area contributed by atoms with Gasteiger partial charge in [-0.15, -0.1) is 0 Å². The second-order valence-electron chi connectivity index (χ2n) is 3.99. The quantitative estimate of drug-likeness (QED) is 0.504. The van der Waals surface area contributed by atoms with E-state index < -0.39 is 0 Å². The molecular formula is C12H16IN3O. The van der Waals surface area contributed by atoms with Crippen LogP contribution in [0.3, 0.4) is 0 Å². The van der Waals surface area contributed by atoms with Gasteiger partial charge in [0, 0.05) is 6.54 Å². The van der Waals surface area contributed by atoms with Crippen molar-refractivity contribution in [3.8, 4) is 11.8 Å². The van der Waals surface area contributed by atoms with Gasteiger partial charge >= 0.3 is 0 Å². The summed E-state index contributed by atoms with van der Waals surface area (Å²) < 4.78 is 6.53. The van der Waals surface area contributed by atoms with Gasteiger partial charge in [0.25, 0.3) is 0 Å². The molecule has 1 rings (SSSR count). The summed E-state index contributed by atoms with van der Waals surface area (Å²) in [5, 5.41) is 8.80. The largest absolute Gasteiger partial charge is 0.490 e. The third-order valence-electron chi connectivity index (χ3n) is 2.20. The number of benzene rings is 1. The van der Waals surface area contributed by atoms with E-state index in [1.807, 2.05) is 14.1 Å². The Labute approximate surface area is 115 Å². The molecule has 2 N–H and O–H groups in total. The number of nitrogens with zero attached hydrogens (tertiary/aromatic N) is 2. The first-order valence-electron chi connectivity index (χ1n) is 5.31. The summed E-state index contributed by atoms with van der Waals surface area (Å²) in [5.74, 6) is 0.684. The van der Waals surface area contributed by atoms with E-state index in [0.717, 1.165) is 16.5 Å². The van der Waals surface area contributed by atoms with Crippen LogP contribution in [0.2, 0.25) is 0 Å². The number of nitriles is 1. The minimum Gasteiger partial charge on any atom is -0.490 e. The molecule has 1 aromatic rings. The minimum atomic E-state index is 0.526. The van der Waals surface area contributed by atoms with Gasteiger partial charge in [0.15, 0.2) is 5.75 Å². The molecule has 0 unspecified atom stereocenters. The highest BCUT2D eigenvalue weighted by Gasteiger charge is 2.08. The van der Waals surface area contributed by atoms with Crippen LogP contribution in [-0.2, 0) is 0 Å². The molecule has 0 bridgehead atoms. The summed E-state index contributed by atoms with van der Waals surface area (Å²) in [7, 11) is 4.06. The number of hydrogen-bond acceptors (Lipinski definition) is 4. The molecule has 0 radical (unpaired) electrons. The highest BCUT2D eigenvalue weighted by atomic mass is 127. The van der Waals surface area contributed by atoms with Crippen molar-refractivity contribution in [3.63, 3.8) is 0 Å². The molecule has 0 spiro atoms. The van der Waals surface area contributed by atoms with Crippen molar-refractivity contribution in [1.82, 2.24) is 4.90 Å². The second-order valence-corrected chi connectivity index (χ2v) is 5.16. The van der Waals surface area contributed by atoms with Gasteiger partial charge < -0.3 is 15.4 Å². The normalized spacial score (nSPS) is 10.3. The number of anilines is 1. The summed E-state index contributed by atoms with van der Waals surface area (Å²) in [6.45, 7) is 1.61. The fourth-order valence-electron chi connectivity index (χ4n) is 1.39. The topological polar surface area (TPSA) is 62.3 Å². The molecule has 0 heterocycles. The zero-order valence-corrected chi connectivity index (χ0v) is 12.2. The van der Waals surface area contributed by atoms with E-state index in [-0.39, 0.29) is 0 Å². The Balaban J connectivity index is 2.63. The molecule has 0 aliphatic carbocycles. The molecule has 0 aromatic heterocycles. The molecule has 0 saturated heterocycles. The number of nitrogens with two attached hydrogens (primary N) is 1. The fraction of sp³-hybridized carbons (Fsp3) is 0.417. The zero-order chi connectivity index (χ0) is 12.8. The van der Waals surface area contributed by atoms with Crippen molar-refractivity contribution in [3.05, 3.63) is 21.3 Å². The maximum absolute atomic E-state index is 8.80. The van der Waals surface area contributed by atoms with Crippen LogP contribution in [0.5, 0.6) is 5.75 Å². The van der Waals surface area contributed by atoms with E-state index in [1.165, 1.54) is 0 Å². The number of rotatable bonds is 5. The fourth-order valence-corrected chi connectivity index (χ4v) is 2.19. The van der Waals surface area contributed by atoms with Crippen LogP contribution in [0.4, 0.5) is 5.69 Å². The molecule has 5 heteroatoms. The number of ether oxygens (including phenoxy) is 1.